The summed E-state index contributed by atoms with van der Waals surface area (Å²) < 4.78 is 11.3. The lowest BCUT2D eigenvalue weighted by Crippen LogP contribution is -2.46. The van der Waals surface area contributed by atoms with Gasteiger partial charge in [-0.2, -0.15) is 0 Å². The normalized spacial score (nSPS) is 21.0. The SMILES string of the molecule is CCNC(=NCCOc1ccccc1C)N1CCC(N2CCOCC2)C1.I. The molecule has 2 saturated heterocycles. The Morgan fingerprint density at radius 1 is 1.26 bits per heavy atom. The number of aliphatic imine (C=N–C) groups is 1. The maximum absolute atomic E-state index is 5.87. The summed E-state index contributed by atoms with van der Waals surface area (Å²) in [5.41, 5.74) is 1.16. The van der Waals surface area contributed by atoms with E-state index in [4.69, 9.17) is 14.5 Å². The molecule has 27 heavy (non-hydrogen) atoms. The average Bonchev–Trinajstić information content (AvgIpc) is 3.16. The molecule has 2 heterocycles. The fourth-order valence-electron chi connectivity index (χ4n) is 3.63. The lowest BCUT2D eigenvalue weighted by molar-refractivity contribution is 0.0195. The maximum atomic E-state index is 5.87. The summed E-state index contributed by atoms with van der Waals surface area (Å²) in [6.45, 7) is 12.3. The Morgan fingerprint density at radius 2 is 2.04 bits per heavy atom. The van der Waals surface area contributed by atoms with Crippen LogP contribution in [-0.4, -0.2) is 80.9 Å². The van der Waals surface area contributed by atoms with Crippen LogP contribution in [0.1, 0.15) is 18.9 Å². The highest BCUT2D eigenvalue weighted by molar-refractivity contribution is 14.0. The van der Waals surface area contributed by atoms with E-state index in [-0.39, 0.29) is 24.0 Å². The predicted octanol–water partition coefficient (Wildman–Crippen LogP) is 2.36. The van der Waals surface area contributed by atoms with Gasteiger partial charge in [0, 0.05) is 38.8 Å². The molecule has 0 saturated carbocycles. The van der Waals surface area contributed by atoms with E-state index >= 15 is 0 Å². The summed E-state index contributed by atoms with van der Waals surface area (Å²) in [5, 5.41) is 3.44. The fourth-order valence-corrected chi connectivity index (χ4v) is 3.63. The van der Waals surface area contributed by atoms with Crippen LogP contribution in [0.15, 0.2) is 29.3 Å². The van der Waals surface area contributed by atoms with Gasteiger partial charge in [-0.1, -0.05) is 18.2 Å². The lowest BCUT2D eigenvalue weighted by atomic mass is 10.2. The minimum Gasteiger partial charge on any atom is -0.491 e. The molecule has 0 radical (unpaired) electrons. The standard InChI is InChI=1S/C20H32N4O2.HI/c1-3-21-20(22-9-13-26-19-7-5-4-6-17(19)2)24-10-8-18(16-24)23-11-14-25-15-12-23;/h4-7,18H,3,8-16H2,1-2H3,(H,21,22);1H. The summed E-state index contributed by atoms with van der Waals surface area (Å²) >= 11 is 0. The van der Waals surface area contributed by atoms with Gasteiger partial charge in [-0.15, -0.1) is 24.0 Å². The third kappa shape index (κ3) is 6.50. The molecular formula is C20H33IN4O2. The molecule has 6 nitrogen and oxygen atoms in total. The van der Waals surface area contributed by atoms with Crippen LogP contribution in [0, 0.1) is 6.92 Å². The first-order chi connectivity index (χ1) is 12.8. The first-order valence-electron chi connectivity index (χ1n) is 9.81. The molecule has 0 bridgehead atoms. The number of halogens is 1. The number of hydrogen-bond donors (Lipinski definition) is 1. The number of ether oxygens (including phenoxy) is 2. The zero-order valence-corrected chi connectivity index (χ0v) is 18.9. The molecule has 2 aliphatic rings. The molecule has 1 aromatic carbocycles. The van der Waals surface area contributed by atoms with E-state index in [2.05, 4.69) is 35.0 Å². The smallest absolute Gasteiger partial charge is 0.194 e. The van der Waals surface area contributed by atoms with E-state index in [9.17, 15) is 0 Å². The molecule has 2 aliphatic heterocycles. The Labute approximate surface area is 180 Å². The average molecular weight is 488 g/mol. The van der Waals surface area contributed by atoms with Crippen molar-refractivity contribution in [3.05, 3.63) is 29.8 Å². The Kier molecular flexibility index (Phi) is 9.64. The van der Waals surface area contributed by atoms with E-state index < -0.39 is 0 Å². The number of aryl methyl sites for hydroxylation is 1. The minimum atomic E-state index is 0. The third-order valence-electron chi connectivity index (χ3n) is 5.06. The molecule has 152 valence electrons. The van der Waals surface area contributed by atoms with Crippen LogP contribution in [0.3, 0.4) is 0 Å². The van der Waals surface area contributed by atoms with Gasteiger partial charge in [0.15, 0.2) is 5.96 Å². The van der Waals surface area contributed by atoms with Crippen molar-refractivity contribution in [2.45, 2.75) is 26.3 Å². The zero-order chi connectivity index (χ0) is 18.2. The topological polar surface area (TPSA) is 49.3 Å². The van der Waals surface area contributed by atoms with Crippen LogP contribution in [0.4, 0.5) is 0 Å². The van der Waals surface area contributed by atoms with Gasteiger partial charge in [0.1, 0.15) is 12.4 Å². The lowest BCUT2D eigenvalue weighted by Gasteiger charge is -2.32. The molecule has 7 heteroatoms. The number of benzene rings is 1. The van der Waals surface area contributed by atoms with E-state index in [1.807, 2.05) is 18.2 Å². The van der Waals surface area contributed by atoms with E-state index in [0.717, 1.165) is 63.2 Å². The second kappa shape index (κ2) is 11.7. The molecule has 0 aliphatic carbocycles. The highest BCUT2D eigenvalue weighted by Gasteiger charge is 2.30. The van der Waals surface area contributed by atoms with Gasteiger partial charge in [-0.3, -0.25) is 4.90 Å². The second-order valence-corrected chi connectivity index (χ2v) is 6.89. The molecule has 1 unspecified atom stereocenters. The number of morpholine rings is 1. The highest BCUT2D eigenvalue weighted by Crippen LogP contribution is 2.18. The Balaban J connectivity index is 0.00000261. The van der Waals surface area contributed by atoms with Gasteiger partial charge < -0.3 is 19.7 Å². The first-order valence-corrected chi connectivity index (χ1v) is 9.81. The summed E-state index contributed by atoms with van der Waals surface area (Å²) in [7, 11) is 0. The number of hydrogen-bond acceptors (Lipinski definition) is 4. The van der Waals surface area contributed by atoms with E-state index in [1.54, 1.807) is 0 Å². The van der Waals surface area contributed by atoms with Gasteiger partial charge in [0.25, 0.3) is 0 Å². The highest BCUT2D eigenvalue weighted by atomic mass is 127. The maximum Gasteiger partial charge on any atom is 0.194 e. The number of guanidine groups is 1. The van der Waals surface area contributed by atoms with E-state index in [0.29, 0.717) is 19.2 Å². The minimum absolute atomic E-state index is 0. The number of para-hydroxylation sites is 1. The van der Waals surface area contributed by atoms with Crippen molar-refractivity contribution in [1.29, 1.82) is 0 Å². The summed E-state index contributed by atoms with van der Waals surface area (Å²) in [4.78, 5) is 9.73. The van der Waals surface area contributed by atoms with Crippen molar-refractivity contribution in [2.24, 2.45) is 4.99 Å². The van der Waals surface area contributed by atoms with Crippen molar-refractivity contribution in [1.82, 2.24) is 15.1 Å². The number of nitrogens with zero attached hydrogens (tertiary/aromatic N) is 3. The largest absolute Gasteiger partial charge is 0.491 e. The van der Waals surface area contributed by atoms with Gasteiger partial charge in [0.05, 0.1) is 19.8 Å². The van der Waals surface area contributed by atoms with Crippen LogP contribution in [0.5, 0.6) is 5.75 Å². The molecule has 0 spiro atoms. The molecule has 1 aromatic rings. The number of rotatable bonds is 6. The van der Waals surface area contributed by atoms with Gasteiger partial charge in [-0.25, -0.2) is 4.99 Å². The molecule has 1 atom stereocenters. The molecular weight excluding hydrogens is 455 g/mol. The molecule has 2 fully saturated rings. The van der Waals surface area contributed by atoms with Crippen LogP contribution < -0.4 is 10.1 Å². The van der Waals surface area contributed by atoms with Crippen LogP contribution in [-0.2, 0) is 4.74 Å². The van der Waals surface area contributed by atoms with Gasteiger partial charge in [0.2, 0.25) is 0 Å². The first kappa shape index (κ1) is 22.2. The molecule has 0 aromatic heterocycles. The van der Waals surface area contributed by atoms with Crippen LogP contribution in [0.25, 0.3) is 0 Å². The van der Waals surface area contributed by atoms with Crippen molar-refractivity contribution < 1.29 is 9.47 Å². The van der Waals surface area contributed by atoms with Crippen molar-refractivity contribution >= 4 is 29.9 Å². The van der Waals surface area contributed by atoms with Crippen molar-refractivity contribution in [3.8, 4) is 5.75 Å². The quantitative estimate of drug-likeness (QED) is 0.289. The second-order valence-electron chi connectivity index (χ2n) is 6.89. The zero-order valence-electron chi connectivity index (χ0n) is 16.5. The summed E-state index contributed by atoms with van der Waals surface area (Å²) in [6.07, 6.45) is 1.20. The summed E-state index contributed by atoms with van der Waals surface area (Å²) in [5.74, 6) is 1.96. The van der Waals surface area contributed by atoms with Gasteiger partial charge in [-0.05, 0) is 31.9 Å². The van der Waals surface area contributed by atoms with Gasteiger partial charge >= 0.3 is 0 Å². The number of likely N-dealkylation sites (tertiary alicyclic amines) is 1. The Morgan fingerprint density at radius 3 is 2.78 bits per heavy atom. The van der Waals surface area contributed by atoms with Crippen molar-refractivity contribution in [3.63, 3.8) is 0 Å². The fraction of sp³-hybridized carbons (Fsp3) is 0.650. The monoisotopic (exact) mass is 488 g/mol. The Bertz CT molecular complexity index is 593. The Hall–Kier alpha value is -1.06. The predicted molar refractivity (Wildman–Crippen MR) is 120 cm³/mol. The third-order valence-corrected chi connectivity index (χ3v) is 5.06. The van der Waals surface area contributed by atoms with Crippen LogP contribution >= 0.6 is 24.0 Å². The molecule has 3 rings (SSSR count). The molecule has 1 N–H and O–H groups in total. The van der Waals surface area contributed by atoms with Crippen LogP contribution in [0.2, 0.25) is 0 Å². The molecule has 0 amide bonds. The summed E-state index contributed by atoms with van der Waals surface area (Å²) in [6, 6.07) is 8.73. The van der Waals surface area contributed by atoms with E-state index in [1.165, 1.54) is 6.42 Å². The van der Waals surface area contributed by atoms with Crippen molar-refractivity contribution in [2.75, 3.05) is 59.1 Å². The number of nitrogens with one attached hydrogen (secondary N) is 1.